The Labute approximate surface area is 117 Å². The van der Waals surface area contributed by atoms with Crippen LogP contribution in [0.5, 0.6) is 0 Å². The fraction of sp³-hybridized carbons (Fsp3) is 0.400. The topological polar surface area (TPSA) is 142 Å². The number of β-lactam (4-membered cyclic amide) rings is 1. The van der Waals surface area contributed by atoms with E-state index in [1.54, 1.807) is 5.43 Å². The number of hydrogen-bond acceptors (Lipinski definition) is 6. The van der Waals surface area contributed by atoms with Crippen LogP contribution in [0.4, 0.5) is 0 Å². The van der Waals surface area contributed by atoms with Crippen molar-refractivity contribution in [2.45, 2.75) is 23.1 Å². The van der Waals surface area contributed by atoms with Crippen LogP contribution in [0.3, 0.4) is 0 Å². The second-order valence-corrected chi connectivity index (χ2v) is 5.62. The van der Waals surface area contributed by atoms with E-state index < -0.39 is 33.9 Å². The molecule has 2 aliphatic heterocycles. The van der Waals surface area contributed by atoms with Gasteiger partial charge in [-0.2, -0.15) is 0 Å². The molecule has 0 radical (unpaired) electrons. The third-order valence-corrected chi connectivity index (χ3v) is 4.61. The summed E-state index contributed by atoms with van der Waals surface area (Å²) in [7, 11) is 0. The molecule has 20 heavy (non-hydrogen) atoms. The average molecular weight is 300 g/mol. The number of nitrogens with zero attached hydrogens (tertiary/aromatic N) is 1. The maximum absolute atomic E-state index is 11.7. The molecule has 1 saturated heterocycles. The van der Waals surface area contributed by atoms with Crippen LogP contribution in [0, 0.1) is 0 Å². The Hall–Kier alpha value is -2.07. The van der Waals surface area contributed by atoms with Crippen LogP contribution in [0.15, 0.2) is 12.3 Å². The lowest BCUT2D eigenvalue weighted by molar-refractivity contribution is -0.147. The van der Waals surface area contributed by atoms with Gasteiger partial charge in [0.25, 0.3) is 11.8 Å². The van der Waals surface area contributed by atoms with E-state index in [1.165, 1.54) is 18.0 Å². The standard InChI is InChI=1S/C10H12N4O5S/c1-4(15)12-5-6(16)14-3-2-10(9(18)19,8(17)13-11)20-7(5)14/h2-3,5,7H,11H2,1H3,(H,12,15)(H,13,17)(H,18,19)/t5?,7-,10?/m1/s1. The zero-order chi connectivity index (χ0) is 15.1. The third-order valence-electron chi connectivity index (χ3n) is 3.00. The van der Waals surface area contributed by atoms with Gasteiger partial charge in [0.15, 0.2) is 0 Å². The van der Waals surface area contributed by atoms with Crippen molar-refractivity contribution in [1.82, 2.24) is 15.6 Å². The van der Waals surface area contributed by atoms with Gasteiger partial charge in [-0.05, 0) is 6.08 Å². The predicted octanol–water partition coefficient (Wildman–Crippen LogP) is -2.27. The van der Waals surface area contributed by atoms with Crippen molar-refractivity contribution in [2.75, 3.05) is 0 Å². The molecule has 10 heteroatoms. The Morgan fingerprint density at radius 3 is 2.65 bits per heavy atom. The SMILES string of the molecule is CC(=O)NC1C(=O)N2C=CC(C(=O)O)(C(=O)NN)S[C@H]12. The molecular weight excluding hydrogens is 288 g/mol. The minimum atomic E-state index is -1.92. The Kier molecular flexibility index (Phi) is 3.44. The minimum absolute atomic E-state index is 0.360. The van der Waals surface area contributed by atoms with E-state index in [0.29, 0.717) is 0 Å². The minimum Gasteiger partial charge on any atom is -0.480 e. The predicted molar refractivity (Wildman–Crippen MR) is 67.7 cm³/mol. The molecule has 3 amide bonds. The molecule has 0 aromatic heterocycles. The lowest BCUT2D eigenvalue weighted by atomic mass is 10.0. The highest BCUT2D eigenvalue weighted by atomic mass is 32.2. The zero-order valence-electron chi connectivity index (χ0n) is 10.3. The van der Waals surface area contributed by atoms with Crippen LogP contribution in [0.25, 0.3) is 0 Å². The number of carboxylic acid groups (broad SMARTS) is 1. The number of hydrogen-bond donors (Lipinski definition) is 4. The number of carboxylic acids is 1. The second kappa shape index (κ2) is 4.80. The first-order valence-electron chi connectivity index (χ1n) is 5.54. The molecule has 2 rings (SSSR count). The Bertz CT molecular complexity index is 536. The molecule has 2 aliphatic rings. The van der Waals surface area contributed by atoms with Crippen molar-refractivity contribution >= 4 is 35.5 Å². The van der Waals surface area contributed by atoms with Crippen LogP contribution in [0.2, 0.25) is 0 Å². The first-order chi connectivity index (χ1) is 9.33. The maximum Gasteiger partial charge on any atom is 0.333 e. The molecule has 0 aromatic carbocycles. The van der Waals surface area contributed by atoms with Crippen LogP contribution in [-0.2, 0) is 19.2 Å². The van der Waals surface area contributed by atoms with Gasteiger partial charge in [0.1, 0.15) is 11.4 Å². The molecule has 0 spiro atoms. The van der Waals surface area contributed by atoms with E-state index >= 15 is 0 Å². The summed E-state index contributed by atoms with van der Waals surface area (Å²) in [6.45, 7) is 1.25. The van der Waals surface area contributed by atoms with Gasteiger partial charge in [-0.1, -0.05) is 0 Å². The van der Waals surface area contributed by atoms with E-state index in [2.05, 4.69) is 5.32 Å². The first-order valence-corrected chi connectivity index (χ1v) is 6.42. The summed E-state index contributed by atoms with van der Waals surface area (Å²) in [5.41, 5.74) is 1.80. The molecule has 3 atom stereocenters. The van der Waals surface area contributed by atoms with Crippen molar-refractivity contribution in [1.29, 1.82) is 0 Å². The number of rotatable bonds is 3. The second-order valence-electron chi connectivity index (χ2n) is 4.26. The Morgan fingerprint density at radius 2 is 2.15 bits per heavy atom. The summed E-state index contributed by atoms with van der Waals surface area (Å²) in [4.78, 5) is 47.1. The zero-order valence-corrected chi connectivity index (χ0v) is 11.1. The molecule has 0 bridgehead atoms. The van der Waals surface area contributed by atoms with Crippen LogP contribution >= 0.6 is 11.8 Å². The number of aliphatic carboxylic acids is 1. The highest BCUT2D eigenvalue weighted by Gasteiger charge is 2.58. The highest BCUT2D eigenvalue weighted by molar-refractivity contribution is 8.03. The van der Waals surface area contributed by atoms with Crippen molar-refractivity contribution in [2.24, 2.45) is 5.84 Å². The molecule has 0 aromatic rings. The van der Waals surface area contributed by atoms with Gasteiger partial charge in [0, 0.05) is 13.1 Å². The number of nitrogens with one attached hydrogen (secondary N) is 2. The van der Waals surface area contributed by atoms with E-state index in [4.69, 9.17) is 5.84 Å². The van der Waals surface area contributed by atoms with Crippen molar-refractivity contribution in [3.05, 3.63) is 12.3 Å². The number of carbonyl (C=O) groups is 4. The molecule has 2 heterocycles. The number of amides is 3. The average Bonchev–Trinajstić information content (AvgIpc) is 2.42. The normalized spacial score (nSPS) is 31.1. The number of carbonyl (C=O) groups excluding carboxylic acids is 3. The first kappa shape index (κ1) is 14.3. The molecule has 0 saturated carbocycles. The van der Waals surface area contributed by atoms with E-state index in [1.807, 2.05) is 0 Å². The van der Waals surface area contributed by atoms with Crippen molar-refractivity contribution in [3.8, 4) is 0 Å². The van der Waals surface area contributed by atoms with Gasteiger partial charge in [0.2, 0.25) is 10.7 Å². The van der Waals surface area contributed by atoms with Gasteiger partial charge in [0.05, 0.1) is 0 Å². The van der Waals surface area contributed by atoms with E-state index in [9.17, 15) is 24.3 Å². The van der Waals surface area contributed by atoms with E-state index in [0.717, 1.165) is 17.8 Å². The summed E-state index contributed by atoms with van der Waals surface area (Å²) >= 11 is 0.735. The largest absolute Gasteiger partial charge is 0.480 e. The number of thioether (sulfide) groups is 1. The number of hydrazine groups is 1. The van der Waals surface area contributed by atoms with Crippen LogP contribution < -0.4 is 16.6 Å². The quantitative estimate of drug-likeness (QED) is 0.151. The van der Waals surface area contributed by atoms with E-state index in [-0.39, 0.29) is 5.91 Å². The number of fused-ring (bicyclic) bond motifs is 1. The van der Waals surface area contributed by atoms with Gasteiger partial charge in [-0.3, -0.25) is 19.8 Å². The van der Waals surface area contributed by atoms with Crippen LogP contribution in [0.1, 0.15) is 6.92 Å². The molecular formula is C10H12N4O5S. The molecule has 0 aliphatic carbocycles. The maximum atomic E-state index is 11.7. The van der Waals surface area contributed by atoms with Gasteiger partial charge in [-0.15, -0.1) is 11.8 Å². The Balaban J connectivity index is 2.30. The summed E-state index contributed by atoms with van der Waals surface area (Å²) in [6, 6.07) is -0.855. The Morgan fingerprint density at radius 1 is 1.50 bits per heavy atom. The summed E-state index contributed by atoms with van der Waals surface area (Å²) < 4.78 is -1.92. The fourth-order valence-corrected chi connectivity index (χ4v) is 3.39. The van der Waals surface area contributed by atoms with Gasteiger partial charge < -0.3 is 15.3 Å². The lowest BCUT2D eigenvalue weighted by Gasteiger charge is -2.49. The van der Waals surface area contributed by atoms with Crippen molar-refractivity contribution in [3.63, 3.8) is 0 Å². The number of nitrogens with two attached hydrogens (primary N) is 1. The molecule has 1 fully saturated rings. The van der Waals surface area contributed by atoms with Gasteiger partial charge in [-0.25, -0.2) is 10.6 Å². The molecule has 9 nitrogen and oxygen atoms in total. The summed E-state index contributed by atoms with van der Waals surface area (Å²) in [5, 5.41) is 11.0. The monoisotopic (exact) mass is 300 g/mol. The summed E-state index contributed by atoms with van der Waals surface area (Å²) in [6.07, 6.45) is 2.33. The van der Waals surface area contributed by atoms with Crippen LogP contribution in [-0.4, -0.2) is 49.9 Å². The van der Waals surface area contributed by atoms with Crippen molar-refractivity contribution < 1.29 is 24.3 Å². The molecule has 5 N–H and O–H groups in total. The highest BCUT2D eigenvalue weighted by Crippen LogP contribution is 2.43. The fourth-order valence-electron chi connectivity index (χ4n) is 1.99. The van der Waals surface area contributed by atoms with Gasteiger partial charge >= 0.3 is 5.97 Å². The molecule has 2 unspecified atom stereocenters. The smallest absolute Gasteiger partial charge is 0.333 e. The molecule has 108 valence electrons. The lowest BCUT2D eigenvalue weighted by Crippen LogP contribution is -2.71. The summed E-state index contributed by atoms with van der Waals surface area (Å²) in [5.74, 6) is 1.92. The third kappa shape index (κ3) is 1.93.